The van der Waals surface area contributed by atoms with Crippen LogP contribution < -0.4 is 14.8 Å². The van der Waals surface area contributed by atoms with Gasteiger partial charge in [0.05, 0.1) is 11.3 Å². The third kappa shape index (κ3) is 3.81. The number of hydrogen-bond acceptors (Lipinski definition) is 5. The zero-order chi connectivity index (χ0) is 16.9. The van der Waals surface area contributed by atoms with Gasteiger partial charge < -0.3 is 14.8 Å². The summed E-state index contributed by atoms with van der Waals surface area (Å²) in [5.41, 5.74) is 1.65. The van der Waals surface area contributed by atoms with Gasteiger partial charge in [-0.3, -0.25) is 14.9 Å². The van der Waals surface area contributed by atoms with Gasteiger partial charge in [-0.2, -0.15) is 0 Å². The Morgan fingerprint density at radius 1 is 1.04 bits per heavy atom. The third-order valence-corrected chi connectivity index (χ3v) is 3.61. The lowest BCUT2D eigenvalue weighted by atomic mass is 10.1. The van der Waals surface area contributed by atoms with Crippen molar-refractivity contribution in [1.82, 2.24) is 5.32 Å². The average molecular weight is 328 g/mol. The molecule has 24 heavy (non-hydrogen) atoms. The van der Waals surface area contributed by atoms with Crippen LogP contribution in [0.3, 0.4) is 0 Å². The monoisotopic (exact) mass is 328 g/mol. The van der Waals surface area contributed by atoms with E-state index in [0.29, 0.717) is 31.3 Å². The Labute approximate surface area is 138 Å². The number of ether oxygens (including phenoxy) is 2. The zero-order valence-corrected chi connectivity index (χ0v) is 12.9. The summed E-state index contributed by atoms with van der Waals surface area (Å²) >= 11 is 0. The quantitative estimate of drug-likeness (QED) is 0.671. The summed E-state index contributed by atoms with van der Waals surface area (Å²) < 4.78 is 11.0. The van der Waals surface area contributed by atoms with Crippen molar-refractivity contribution < 1.29 is 19.2 Å². The number of nitrogens with one attached hydrogen (secondary N) is 1. The number of fused-ring (bicyclic) bond motifs is 1. The van der Waals surface area contributed by atoms with E-state index in [4.69, 9.17) is 9.47 Å². The van der Waals surface area contributed by atoms with Crippen LogP contribution in [0.5, 0.6) is 11.5 Å². The molecule has 0 unspecified atom stereocenters. The molecule has 7 heteroatoms. The summed E-state index contributed by atoms with van der Waals surface area (Å²) in [4.78, 5) is 22.1. The molecule has 0 aromatic heterocycles. The minimum atomic E-state index is -0.467. The van der Waals surface area contributed by atoms with Crippen molar-refractivity contribution in [3.8, 4) is 11.5 Å². The number of benzene rings is 2. The molecule has 1 amide bonds. The fourth-order valence-electron chi connectivity index (χ4n) is 2.38. The highest BCUT2D eigenvalue weighted by atomic mass is 16.6. The summed E-state index contributed by atoms with van der Waals surface area (Å²) in [7, 11) is 0. The van der Waals surface area contributed by atoms with E-state index in [-0.39, 0.29) is 18.0 Å². The highest BCUT2D eigenvalue weighted by Gasteiger charge is 2.12. The second-order valence-electron chi connectivity index (χ2n) is 5.36. The second-order valence-corrected chi connectivity index (χ2v) is 5.36. The summed E-state index contributed by atoms with van der Waals surface area (Å²) in [5, 5.41) is 13.4. The number of amides is 1. The van der Waals surface area contributed by atoms with E-state index in [1.807, 2.05) is 18.2 Å². The first-order valence-corrected chi connectivity index (χ1v) is 7.50. The van der Waals surface area contributed by atoms with E-state index in [0.717, 1.165) is 11.1 Å². The summed E-state index contributed by atoms with van der Waals surface area (Å²) in [6.45, 7) is 1.43. The first-order valence-electron chi connectivity index (χ1n) is 7.50. The molecule has 2 aromatic carbocycles. The van der Waals surface area contributed by atoms with Crippen LogP contribution in [0.25, 0.3) is 0 Å². The van der Waals surface area contributed by atoms with Gasteiger partial charge in [0, 0.05) is 18.7 Å². The average Bonchev–Trinajstić information content (AvgIpc) is 2.60. The summed E-state index contributed by atoms with van der Waals surface area (Å²) in [6, 6.07) is 11.5. The molecule has 1 heterocycles. The fourth-order valence-corrected chi connectivity index (χ4v) is 2.38. The van der Waals surface area contributed by atoms with Gasteiger partial charge in [-0.1, -0.05) is 18.2 Å². The number of rotatable bonds is 5. The van der Waals surface area contributed by atoms with Gasteiger partial charge >= 0.3 is 0 Å². The molecule has 0 atom stereocenters. The fraction of sp³-hybridized carbons (Fsp3) is 0.235. The Morgan fingerprint density at radius 3 is 2.42 bits per heavy atom. The molecule has 0 spiro atoms. The summed E-state index contributed by atoms with van der Waals surface area (Å²) in [5.74, 6) is 1.24. The lowest BCUT2D eigenvalue weighted by Gasteiger charge is -2.19. The number of nitrogens with zero attached hydrogens (tertiary/aromatic N) is 1. The van der Waals surface area contributed by atoms with Crippen molar-refractivity contribution in [3.63, 3.8) is 0 Å². The van der Waals surface area contributed by atoms with Crippen molar-refractivity contribution >= 4 is 11.6 Å². The van der Waals surface area contributed by atoms with Gasteiger partial charge in [0.15, 0.2) is 11.5 Å². The predicted octanol–water partition coefficient (Wildman–Crippen LogP) is 2.22. The molecule has 3 rings (SSSR count). The number of carbonyl (C=O) groups excluding carboxylic acids is 1. The van der Waals surface area contributed by atoms with Crippen LogP contribution in [0.15, 0.2) is 42.5 Å². The number of non-ortho nitro benzene ring substituents is 1. The van der Waals surface area contributed by atoms with Gasteiger partial charge in [0.1, 0.15) is 13.2 Å². The Hall–Kier alpha value is -3.09. The van der Waals surface area contributed by atoms with E-state index in [2.05, 4.69) is 5.32 Å². The molecule has 0 saturated heterocycles. The minimum absolute atomic E-state index is 0.00966. The van der Waals surface area contributed by atoms with Crippen LogP contribution in [-0.2, 0) is 17.8 Å². The Morgan fingerprint density at radius 2 is 1.71 bits per heavy atom. The lowest BCUT2D eigenvalue weighted by molar-refractivity contribution is -0.384. The molecule has 1 N–H and O–H groups in total. The van der Waals surface area contributed by atoms with Crippen LogP contribution >= 0.6 is 0 Å². The first-order chi connectivity index (χ1) is 11.6. The van der Waals surface area contributed by atoms with Gasteiger partial charge in [-0.15, -0.1) is 0 Å². The Kier molecular flexibility index (Phi) is 4.60. The second kappa shape index (κ2) is 6.99. The first kappa shape index (κ1) is 15.8. The highest BCUT2D eigenvalue weighted by Crippen LogP contribution is 2.30. The van der Waals surface area contributed by atoms with Gasteiger partial charge in [0.25, 0.3) is 5.69 Å². The number of nitro benzene ring substituents is 1. The molecule has 2 aromatic rings. The molecule has 7 nitrogen and oxygen atoms in total. The van der Waals surface area contributed by atoms with E-state index in [9.17, 15) is 14.9 Å². The van der Waals surface area contributed by atoms with Crippen LogP contribution in [-0.4, -0.2) is 24.0 Å². The molecule has 0 aliphatic carbocycles. The van der Waals surface area contributed by atoms with Crippen LogP contribution in [0.4, 0.5) is 5.69 Å². The molecule has 124 valence electrons. The third-order valence-electron chi connectivity index (χ3n) is 3.61. The molecular formula is C17H16N2O5. The maximum atomic E-state index is 12.0. The maximum Gasteiger partial charge on any atom is 0.269 e. The smallest absolute Gasteiger partial charge is 0.269 e. The normalized spacial score (nSPS) is 12.5. The molecule has 0 bridgehead atoms. The van der Waals surface area contributed by atoms with Crippen LogP contribution in [0, 0.1) is 10.1 Å². The maximum absolute atomic E-state index is 12.0. The highest BCUT2D eigenvalue weighted by molar-refractivity contribution is 5.78. The molecular weight excluding hydrogens is 312 g/mol. The van der Waals surface area contributed by atoms with Crippen molar-refractivity contribution in [3.05, 3.63) is 63.7 Å². The van der Waals surface area contributed by atoms with Gasteiger partial charge in [0.2, 0.25) is 5.91 Å². The minimum Gasteiger partial charge on any atom is -0.486 e. The van der Waals surface area contributed by atoms with Crippen molar-refractivity contribution in [2.24, 2.45) is 0 Å². The van der Waals surface area contributed by atoms with Crippen molar-refractivity contribution in [2.45, 2.75) is 13.0 Å². The van der Waals surface area contributed by atoms with E-state index in [1.54, 1.807) is 12.1 Å². The summed E-state index contributed by atoms with van der Waals surface area (Å²) in [6.07, 6.45) is 0.169. The molecule has 0 radical (unpaired) electrons. The standard InChI is InChI=1S/C17H16N2O5/c20-17(10-12-1-4-14(5-2-12)19(21)22)18-11-13-3-6-15-16(9-13)24-8-7-23-15/h1-6,9H,7-8,10-11H2,(H,18,20). The SMILES string of the molecule is O=C(Cc1ccc([N+](=O)[O-])cc1)NCc1ccc2c(c1)OCCO2. The Bertz CT molecular complexity index is 758. The van der Waals surface area contributed by atoms with E-state index >= 15 is 0 Å². The number of carbonyl (C=O) groups is 1. The van der Waals surface area contributed by atoms with E-state index in [1.165, 1.54) is 12.1 Å². The van der Waals surface area contributed by atoms with E-state index < -0.39 is 4.92 Å². The van der Waals surface area contributed by atoms with Crippen molar-refractivity contribution in [2.75, 3.05) is 13.2 Å². The van der Waals surface area contributed by atoms with Crippen molar-refractivity contribution in [1.29, 1.82) is 0 Å². The molecule has 1 aliphatic heterocycles. The molecule has 1 aliphatic rings. The topological polar surface area (TPSA) is 90.7 Å². The zero-order valence-electron chi connectivity index (χ0n) is 12.9. The molecule has 0 saturated carbocycles. The van der Waals surface area contributed by atoms with Crippen LogP contribution in [0.2, 0.25) is 0 Å². The predicted molar refractivity (Wildman–Crippen MR) is 86.1 cm³/mol. The van der Waals surface area contributed by atoms with Gasteiger partial charge in [-0.25, -0.2) is 0 Å². The molecule has 0 fully saturated rings. The lowest BCUT2D eigenvalue weighted by Crippen LogP contribution is -2.24. The number of hydrogen-bond donors (Lipinski definition) is 1. The largest absolute Gasteiger partial charge is 0.486 e. The number of nitro groups is 1. The van der Waals surface area contributed by atoms with Gasteiger partial charge in [-0.05, 0) is 23.3 Å². The van der Waals surface area contributed by atoms with Crippen LogP contribution in [0.1, 0.15) is 11.1 Å². The Balaban J connectivity index is 1.54.